The van der Waals surface area contributed by atoms with Crippen LogP contribution in [0, 0.1) is 20.8 Å². The van der Waals surface area contributed by atoms with Crippen LogP contribution in [-0.2, 0) is 0 Å². The molecule has 0 radical (unpaired) electrons. The molecule has 1 aromatic heterocycles. The summed E-state index contributed by atoms with van der Waals surface area (Å²) in [4.78, 5) is -0.0735. The lowest BCUT2D eigenvalue weighted by molar-refractivity contribution is 0.340. The van der Waals surface area contributed by atoms with Gasteiger partial charge in [-0.05, 0) is 44.9 Å². The first-order valence-electron chi connectivity index (χ1n) is 6.69. The molecule has 1 heterocycles. The molecule has 2 aromatic rings. The molecule has 0 aliphatic carbocycles. The van der Waals surface area contributed by atoms with Crippen LogP contribution in [0.25, 0.3) is 0 Å². The summed E-state index contributed by atoms with van der Waals surface area (Å²) in [6.07, 6.45) is 0. The zero-order chi connectivity index (χ0) is 15.7. The largest absolute Gasteiger partial charge is 0.492 e. The fraction of sp³-hybridized carbons (Fsp3) is 0.375. The maximum atomic E-state index is 6.39. The van der Waals surface area contributed by atoms with Gasteiger partial charge in [-0.3, -0.25) is 0 Å². The summed E-state index contributed by atoms with van der Waals surface area (Å²) in [5.41, 5.74) is 3.11. The molecule has 5 heteroatoms. The monoisotopic (exact) mass is 390 g/mol. The van der Waals surface area contributed by atoms with Crippen LogP contribution < -0.4 is 4.74 Å². The molecule has 2 nitrogen and oxygen atoms in total. The smallest absolute Gasteiger partial charge is 0.139 e. The van der Waals surface area contributed by atoms with Gasteiger partial charge in [0.1, 0.15) is 17.3 Å². The van der Waals surface area contributed by atoms with Gasteiger partial charge in [0.2, 0.25) is 0 Å². The van der Waals surface area contributed by atoms with Crippen LogP contribution in [0.3, 0.4) is 0 Å². The SMILES string of the molecule is CCOc1cc(Cl)c(C(Br)c2c(C)oc(C)c2C)cc1Cl. The Labute approximate surface area is 143 Å². The Bertz CT molecular complexity index is 665. The number of halogens is 3. The van der Waals surface area contributed by atoms with Gasteiger partial charge in [0.25, 0.3) is 0 Å². The van der Waals surface area contributed by atoms with Gasteiger partial charge >= 0.3 is 0 Å². The quantitative estimate of drug-likeness (QED) is 0.563. The summed E-state index contributed by atoms with van der Waals surface area (Å²) >= 11 is 16.4. The van der Waals surface area contributed by atoms with Gasteiger partial charge in [-0.2, -0.15) is 0 Å². The highest BCUT2D eigenvalue weighted by molar-refractivity contribution is 9.09. The van der Waals surface area contributed by atoms with Crippen molar-refractivity contribution >= 4 is 39.1 Å². The van der Waals surface area contributed by atoms with E-state index >= 15 is 0 Å². The van der Waals surface area contributed by atoms with E-state index < -0.39 is 0 Å². The average Bonchev–Trinajstić information content (AvgIpc) is 2.67. The minimum Gasteiger partial charge on any atom is -0.492 e. The van der Waals surface area contributed by atoms with Crippen molar-refractivity contribution in [3.8, 4) is 5.75 Å². The molecule has 1 unspecified atom stereocenters. The lowest BCUT2D eigenvalue weighted by Crippen LogP contribution is -1.99. The van der Waals surface area contributed by atoms with Gasteiger partial charge in [0.15, 0.2) is 0 Å². The summed E-state index contributed by atoms with van der Waals surface area (Å²) in [7, 11) is 0. The lowest BCUT2D eigenvalue weighted by Gasteiger charge is -2.15. The Morgan fingerprint density at radius 2 is 1.81 bits per heavy atom. The molecule has 0 N–H and O–H groups in total. The second kappa shape index (κ2) is 6.64. The van der Waals surface area contributed by atoms with Gasteiger partial charge in [-0.25, -0.2) is 0 Å². The topological polar surface area (TPSA) is 22.4 Å². The van der Waals surface area contributed by atoms with Crippen molar-refractivity contribution < 1.29 is 9.15 Å². The molecule has 21 heavy (non-hydrogen) atoms. The summed E-state index contributed by atoms with van der Waals surface area (Å²) in [5.74, 6) is 2.40. The van der Waals surface area contributed by atoms with E-state index in [0.29, 0.717) is 22.4 Å². The zero-order valence-electron chi connectivity index (χ0n) is 12.4. The van der Waals surface area contributed by atoms with Gasteiger partial charge in [0.05, 0.1) is 16.5 Å². The molecule has 0 saturated carbocycles. The van der Waals surface area contributed by atoms with E-state index in [4.69, 9.17) is 32.4 Å². The highest BCUT2D eigenvalue weighted by Crippen LogP contribution is 2.43. The van der Waals surface area contributed by atoms with Crippen molar-refractivity contribution in [1.29, 1.82) is 0 Å². The van der Waals surface area contributed by atoms with Crippen molar-refractivity contribution in [3.05, 3.63) is 50.4 Å². The van der Waals surface area contributed by atoms with Crippen molar-refractivity contribution in [2.45, 2.75) is 32.5 Å². The number of hydrogen-bond donors (Lipinski definition) is 0. The van der Waals surface area contributed by atoms with E-state index in [0.717, 1.165) is 28.2 Å². The Morgan fingerprint density at radius 1 is 1.14 bits per heavy atom. The van der Waals surface area contributed by atoms with Crippen molar-refractivity contribution in [1.82, 2.24) is 0 Å². The Morgan fingerprint density at radius 3 is 2.33 bits per heavy atom. The van der Waals surface area contributed by atoms with E-state index in [9.17, 15) is 0 Å². The molecule has 0 saturated heterocycles. The summed E-state index contributed by atoms with van der Waals surface area (Å²) < 4.78 is 11.1. The van der Waals surface area contributed by atoms with Crippen LogP contribution in [0.5, 0.6) is 5.75 Å². The molecule has 0 fully saturated rings. The number of aryl methyl sites for hydroxylation is 2. The van der Waals surface area contributed by atoms with Crippen LogP contribution >= 0.6 is 39.1 Å². The Balaban J connectivity index is 2.48. The molecule has 1 aromatic carbocycles. The standard InChI is InChI=1S/C16H17BrCl2O2/c1-5-20-14-7-12(18)11(6-13(14)19)16(17)15-8(2)9(3)21-10(15)4/h6-7,16H,5H2,1-4H3. The van der Waals surface area contributed by atoms with E-state index in [1.807, 2.05) is 33.8 Å². The van der Waals surface area contributed by atoms with Crippen LogP contribution in [0.4, 0.5) is 0 Å². The summed E-state index contributed by atoms with van der Waals surface area (Å²) in [6, 6.07) is 3.60. The van der Waals surface area contributed by atoms with E-state index in [2.05, 4.69) is 15.9 Å². The highest BCUT2D eigenvalue weighted by atomic mass is 79.9. The molecule has 0 spiro atoms. The zero-order valence-corrected chi connectivity index (χ0v) is 15.5. The Hall–Kier alpha value is -0.640. The second-order valence-electron chi connectivity index (χ2n) is 4.85. The van der Waals surface area contributed by atoms with Gasteiger partial charge < -0.3 is 9.15 Å². The minimum atomic E-state index is -0.0735. The maximum absolute atomic E-state index is 6.39. The molecule has 0 aliphatic heterocycles. The van der Waals surface area contributed by atoms with Crippen molar-refractivity contribution in [3.63, 3.8) is 0 Å². The number of alkyl halides is 1. The van der Waals surface area contributed by atoms with E-state index in [-0.39, 0.29) is 4.83 Å². The van der Waals surface area contributed by atoms with Crippen molar-refractivity contribution in [2.24, 2.45) is 0 Å². The highest BCUT2D eigenvalue weighted by Gasteiger charge is 2.23. The summed E-state index contributed by atoms with van der Waals surface area (Å²) in [5, 5.41) is 1.17. The molecular formula is C16H17BrCl2O2. The van der Waals surface area contributed by atoms with Crippen molar-refractivity contribution in [2.75, 3.05) is 6.61 Å². The van der Waals surface area contributed by atoms with Crippen LogP contribution in [0.2, 0.25) is 10.0 Å². The predicted octanol–water partition coefficient (Wildman–Crippen LogP) is 6.39. The van der Waals surface area contributed by atoms with Gasteiger partial charge in [0, 0.05) is 16.7 Å². The third-order valence-electron chi connectivity index (χ3n) is 3.50. The third kappa shape index (κ3) is 3.25. The summed E-state index contributed by atoms with van der Waals surface area (Å²) in [6.45, 7) is 8.41. The first kappa shape index (κ1) is 16.7. The fourth-order valence-corrected chi connectivity index (χ4v) is 4.01. The van der Waals surface area contributed by atoms with Crippen LogP contribution in [0.15, 0.2) is 16.5 Å². The number of rotatable bonds is 4. The first-order valence-corrected chi connectivity index (χ1v) is 8.36. The molecule has 0 aliphatic rings. The van der Waals surface area contributed by atoms with E-state index in [1.165, 1.54) is 0 Å². The van der Waals surface area contributed by atoms with Gasteiger partial charge in [-0.1, -0.05) is 39.1 Å². The number of hydrogen-bond acceptors (Lipinski definition) is 2. The average molecular weight is 392 g/mol. The van der Waals surface area contributed by atoms with Crippen LogP contribution in [0.1, 0.15) is 40.0 Å². The fourth-order valence-electron chi connectivity index (χ4n) is 2.34. The maximum Gasteiger partial charge on any atom is 0.139 e. The molecule has 1 atom stereocenters. The predicted molar refractivity (Wildman–Crippen MR) is 91.3 cm³/mol. The number of benzene rings is 1. The second-order valence-corrected chi connectivity index (χ2v) is 6.58. The van der Waals surface area contributed by atoms with E-state index in [1.54, 1.807) is 6.07 Å². The normalized spacial score (nSPS) is 12.5. The first-order chi connectivity index (χ1) is 9.86. The minimum absolute atomic E-state index is 0.0735. The third-order valence-corrected chi connectivity index (χ3v) is 5.07. The molecular weight excluding hydrogens is 375 g/mol. The number of furan rings is 1. The van der Waals surface area contributed by atoms with Crippen LogP contribution in [-0.4, -0.2) is 6.61 Å². The van der Waals surface area contributed by atoms with Gasteiger partial charge in [-0.15, -0.1) is 0 Å². The molecule has 2 rings (SSSR count). The molecule has 0 amide bonds. The molecule has 0 bridgehead atoms. The number of ether oxygens (including phenoxy) is 1. The molecule has 114 valence electrons. The lowest BCUT2D eigenvalue weighted by atomic mass is 10.0. The Kier molecular flexibility index (Phi) is 5.29.